The quantitative estimate of drug-likeness (QED) is 0.407. The smallest absolute Gasteiger partial charge is 0.260 e. The Kier molecular flexibility index (Phi) is 5.36. The third kappa shape index (κ3) is 4.03. The molecule has 3 aromatic carbocycles. The summed E-state index contributed by atoms with van der Waals surface area (Å²) in [6.45, 7) is 2.36. The highest BCUT2D eigenvalue weighted by Gasteiger charge is 2.23. The van der Waals surface area contributed by atoms with Crippen molar-refractivity contribution in [2.45, 2.75) is 19.9 Å². The third-order valence-corrected chi connectivity index (χ3v) is 5.72. The Balaban J connectivity index is 1.77. The molecule has 0 N–H and O–H groups in total. The summed E-state index contributed by atoms with van der Waals surface area (Å²) in [5.74, 6) is -2.46. The van der Waals surface area contributed by atoms with Gasteiger partial charge in [0.25, 0.3) is 5.91 Å². The second-order valence-electron chi connectivity index (χ2n) is 6.66. The summed E-state index contributed by atoms with van der Waals surface area (Å²) in [6.07, 6.45) is 0.907. The fraction of sp³-hybridized carbons (Fsp3) is 0.130. The molecular weight excluding hydrogens is 390 g/mol. The number of fused-ring (bicyclic) bond motifs is 1. The fourth-order valence-electron chi connectivity index (χ4n) is 3.07. The van der Waals surface area contributed by atoms with Crippen molar-refractivity contribution in [2.75, 3.05) is 4.90 Å². The first kappa shape index (κ1) is 19.2. The molecule has 0 aliphatic heterocycles. The minimum absolute atomic E-state index is 0.0772. The van der Waals surface area contributed by atoms with Gasteiger partial charge in [0, 0.05) is 5.56 Å². The van der Waals surface area contributed by atoms with Gasteiger partial charge in [-0.3, -0.25) is 9.69 Å². The summed E-state index contributed by atoms with van der Waals surface area (Å²) in [6, 6.07) is 18.7. The number of carbonyl (C=O) groups is 1. The minimum atomic E-state index is -1.05. The number of rotatable bonds is 5. The summed E-state index contributed by atoms with van der Waals surface area (Å²) in [4.78, 5) is 19.4. The van der Waals surface area contributed by atoms with Crippen LogP contribution in [0.1, 0.15) is 28.4 Å². The Morgan fingerprint density at radius 2 is 1.76 bits per heavy atom. The van der Waals surface area contributed by atoms with Crippen LogP contribution in [0.15, 0.2) is 66.7 Å². The zero-order valence-electron chi connectivity index (χ0n) is 15.7. The zero-order valence-corrected chi connectivity index (χ0v) is 16.5. The van der Waals surface area contributed by atoms with E-state index in [2.05, 4.69) is 18.0 Å². The van der Waals surface area contributed by atoms with Gasteiger partial charge in [-0.25, -0.2) is 13.8 Å². The Morgan fingerprint density at radius 3 is 2.48 bits per heavy atom. The molecule has 6 heteroatoms. The normalized spacial score (nSPS) is 11.0. The monoisotopic (exact) mass is 408 g/mol. The maximum Gasteiger partial charge on any atom is 0.260 e. The molecule has 29 heavy (non-hydrogen) atoms. The molecule has 0 spiro atoms. The average Bonchev–Trinajstić information content (AvgIpc) is 3.17. The lowest BCUT2D eigenvalue weighted by molar-refractivity contribution is 0.0984. The van der Waals surface area contributed by atoms with Crippen molar-refractivity contribution in [3.05, 3.63) is 95.1 Å². The van der Waals surface area contributed by atoms with E-state index in [9.17, 15) is 13.6 Å². The van der Waals surface area contributed by atoms with Crippen LogP contribution in [0.25, 0.3) is 10.2 Å². The van der Waals surface area contributed by atoms with E-state index < -0.39 is 17.5 Å². The highest BCUT2D eigenvalue weighted by atomic mass is 32.1. The Labute approximate surface area is 171 Å². The van der Waals surface area contributed by atoms with Crippen LogP contribution < -0.4 is 4.90 Å². The number of hydrogen-bond acceptors (Lipinski definition) is 3. The number of anilines is 1. The first-order valence-electron chi connectivity index (χ1n) is 9.25. The molecule has 0 atom stereocenters. The number of amides is 1. The molecule has 0 saturated heterocycles. The summed E-state index contributed by atoms with van der Waals surface area (Å²) in [5.41, 5.74) is 2.98. The van der Waals surface area contributed by atoms with Crippen molar-refractivity contribution in [2.24, 2.45) is 0 Å². The fourth-order valence-corrected chi connectivity index (χ4v) is 4.10. The average molecular weight is 408 g/mol. The van der Waals surface area contributed by atoms with E-state index in [-0.39, 0.29) is 12.1 Å². The van der Waals surface area contributed by atoms with Crippen molar-refractivity contribution < 1.29 is 13.6 Å². The summed E-state index contributed by atoms with van der Waals surface area (Å²) in [7, 11) is 0. The van der Waals surface area contributed by atoms with Gasteiger partial charge >= 0.3 is 0 Å². The van der Waals surface area contributed by atoms with Gasteiger partial charge in [-0.1, -0.05) is 54.7 Å². The van der Waals surface area contributed by atoms with Crippen molar-refractivity contribution >= 4 is 32.6 Å². The lowest BCUT2D eigenvalue weighted by atomic mass is 10.1. The maximum atomic E-state index is 13.7. The van der Waals surface area contributed by atoms with E-state index >= 15 is 0 Å². The number of benzene rings is 3. The number of aromatic nitrogens is 1. The SMILES string of the molecule is CCc1ccc2nc(N(Cc3ccccc3)C(=O)c3ccc(F)c(F)c3)sc2c1. The number of hydrogen-bond donors (Lipinski definition) is 0. The molecule has 3 nitrogen and oxygen atoms in total. The molecule has 0 unspecified atom stereocenters. The molecule has 146 valence electrons. The molecule has 4 rings (SSSR count). The van der Waals surface area contributed by atoms with Crippen LogP contribution in [0.3, 0.4) is 0 Å². The minimum Gasteiger partial charge on any atom is -0.279 e. The number of halogens is 2. The zero-order chi connectivity index (χ0) is 20.4. The van der Waals surface area contributed by atoms with Gasteiger partial charge in [-0.05, 0) is 47.9 Å². The molecule has 1 aromatic heterocycles. The summed E-state index contributed by atoms with van der Waals surface area (Å²) >= 11 is 1.41. The molecular formula is C23H18F2N2OS. The van der Waals surface area contributed by atoms with Crippen LogP contribution in [0.4, 0.5) is 13.9 Å². The van der Waals surface area contributed by atoms with Crippen molar-refractivity contribution in [3.8, 4) is 0 Å². The molecule has 1 amide bonds. The summed E-state index contributed by atoms with van der Waals surface area (Å²) < 4.78 is 28.0. The third-order valence-electron chi connectivity index (χ3n) is 4.68. The Hall–Kier alpha value is -3.12. The first-order chi connectivity index (χ1) is 14.0. The lowest BCUT2D eigenvalue weighted by Crippen LogP contribution is -2.30. The molecule has 0 fully saturated rings. The van der Waals surface area contributed by atoms with Crippen LogP contribution in [0.5, 0.6) is 0 Å². The van der Waals surface area contributed by atoms with E-state index in [4.69, 9.17) is 0 Å². The van der Waals surface area contributed by atoms with Crippen LogP contribution in [0.2, 0.25) is 0 Å². The van der Waals surface area contributed by atoms with E-state index in [1.165, 1.54) is 27.9 Å². The van der Waals surface area contributed by atoms with Gasteiger partial charge in [0.15, 0.2) is 16.8 Å². The van der Waals surface area contributed by atoms with Gasteiger partial charge in [0.05, 0.1) is 16.8 Å². The van der Waals surface area contributed by atoms with E-state index in [1.807, 2.05) is 42.5 Å². The van der Waals surface area contributed by atoms with Gasteiger partial charge in [0.2, 0.25) is 0 Å². The van der Waals surface area contributed by atoms with Gasteiger partial charge in [-0.15, -0.1) is 0 Å². The molecule has 0 saturated carbocycles. The molecule has 0 radical (unpaired) electrons. The van der Waals surface area contributed by atoms with Crippen molar-refractivity contribution in [1.82, 2.24) is 4.98 Å². The molecule has 1 heterocycles. The van der Waals surface area contributed by atoms with Crippen molar-refractivity contribution in [3.63, 3.8) is 0 Å². The Bertz CT molecular complexity index is 1170. The Morgan fingerprint density at radius 1 is 0.966 bits per heavy atom. The van der Waals surface area contributed by atoms with Gasteiger partial charge in [0.1, 0.15) is 0 Å². The molecule has 0 aliphatic rings. The standard InChI is InChI=1S/C23H18F2N2OS/c1-2-15-8-11-20-21(12-15)29-23(26-20)27(14-16-6-4-3-5-7-16)22(28)17-9-10-18(24)19(25)13-17/h3-13H,2,14H2,1H3. The number of carbonyl (C=O) groups excluding carboxylic acids is 1. The maximum absolute atomic E-state index is 13.7. The topological polar surface area (TPSA) is 33.2 Å². The van der Waals surface area contributed by atoms with Crippen LogP contribution in [0, 0.1) is 11.6 Å². The number of thiazole rings is 1. The van der Waals surface area contributed by atoms with Crippen LogP contribution in [-0.4, -0.2) is 10.9 Å². The van der Waals surface area contributed by atoms with Crippen LogP contribution >= 0.6 is 11.3 Å². The van der Waals surface area contributed by atoms with Crippen LogP contribution in [-0.2, 0) is 13.0 Å². The second-order valence-corrected chi connectivity index (χ2v) is 7.67. The number of nitrogens with zero attached hydrogens (tertiary/aromatic N) is 2. The predicted octanol–water partition coefficient (Wildman–Crippen LogP) is 5.98. The summed E-state index contributed by atoms with van der Waals surface area (Å²) in [5, 5.41) is 0.520. The number of aryl methyl sites for hydroxylation is 1. The van der Waals surface area contributed by atoms with E-state index in [0.29, 0.717) is 5.13 Å². The van der Waals surface area contributed by atoms with Crippen molar-refractivity contribution in [1.29, 1.82) is 0 Å². The largest absolute Gasteiger partial charge is 0.279 e. The van der Waals surface area contributed by atoms with Gasteiger partial charge < -0.3 is 0 Å². The van der Waals surface area contributed by atoms with E-state index in [1.54, 1.807) is 0 Å². The highest BCUT2D eigenvalue weighted by molar-refractivity contribution is 7.22. The second kappa shape index (κ2) is 8.09. The molecule has 0 bridgehead atoms. The first-order valence-corrected chi connectivity index (χ1v) is 10.1. The van der Waals surface area contributed by atoms with Gasteiger partial charge in [-0.2, -0.15) is 0 Å². The highest BCUT2D eigenvalue weighted by Crippen LogP contribution is 2.31. The molecule has 0 aliphatic carbocycles. The molecule has 4 aromatic rings. The predicted molar refractivity (Wildman–Crippen MR) is 112 cm³/mol. The van der Waals surface area contributed by atoms with E-state index in [0.717, 1.165) is 34.3 Å². The lowest BCUT2D eigenvalue weighted by Gasteiger charge is -2.20.